The second-order valence-corrected chi connectivity index (χ2v) is 7.06. The van der Waals surface area contributed by atoms with Crippen molar-refractivity contribution >= 4 is 27.5 Å². The van der Waals surface area contributed by atoms with E-state index in [4.69, 9.17) is 0 Å². The Kier molecular flexibility index (Phi) is 3.69. The van der Waals surface area contributed by atoms with Crippen molar-refractivity contribution < 1.29 is 4.79 Å². The Morgan fingerprint density at radius 2 is 2.04 bits per heavy atom. The van der Waals surface area contributed by atoms with Crippen LogP contribution in [0.4, 0.5) is 0 Å². The molecule has 0 bridgehead atoms. The first-order valence-corrected chi connectivity index (χ1v) is 8.85. The summed E-state index contributed by atoms with van der Waals surface area (Å²) in [4.78, 5) is 29.9. The molecule has 0 radical (unpaired) electrons. The summed E-state index contributed by atoms with van der Waals surface area (Å²) < 4.78 is 1.38. The SMILES string of the molecule is O=C(Cn1cnc2sccc2c1=O)NC1(c2ccccc2)CCC1. The maximum atomic E-state index is 12.5. The van der Waals surface area contributed by atoms with Gasteiger partial charge in [-0.25, -0.2) is 4.98 Å². The van der Waals surface area contributed by atoms with Gasteiger partial charge in [-0.3, -0.25) is 14.2 Å². The number of carbonyl (C=O) groups excluding carboxylic acids is 1. The van der Waals surface area contributed by atoms with Crippen molar-refractivity contribution in [2.24, 2.45) is 0 Å². The van der Waals surface area contributed by atoms with Crippen molar-refractivity contribution in [3.63, 3.8) is 0 Å². The molecule has 0 aliphatic heterocycles. The zero-order chi connectivity index (χ0) is 16.6. The molecule has 0 atom stereocenters. The third kappa shape index (κ3) is 2.53. The summed E-state index contributed by atoms with van der Waals surface area (Å²) in [6, 6.07) is 11.8. The van der Waals surface area contributed by atoms with Crippen LogP contribution in [0.25, 0.3) is 10.2 Å². The van der Waals surface area contributed by atoms with Gasteiger partial charge in [0, 0.05) is 0 Å². The smallest absolute Gasteiger partial charge is 0.262 e. The lowest BCUT2D eigenvalue weighted by Crippen LogP contribution is -2.52. The fraction of sp³-hybridized carbons (Fsp3) is 0.278. The number of amides is 1. The van der Waals surface area contributed by atoms with Crippen LogP contribution in [0.15, 0.2) is 52.9 Å². The lowest BCUT2D eigenvalue weighted by Gasteiger charge is -2.43. The average molecular weight is 339 g/mol. The largest absolute Gasteiger partial charge is 0.345 e. The Morgan fingerprint density at radius 3 is 2.75 bits per heavy atom. The Balaban J connectivity index is 1.55. The van der Waals surface area contributed by atoms with Gasteiger partial charge in [0.15, 0.2) is 0 Å². The molecule has 1 aliphatic rings. The summed E-state index contributed by atoms with van der Waals surface area (Å²) >= 11 is 1.42. The van der Waals surface area contributed by atoms with E-state index in [9.17, 15) is 9.59 Å². The van der Waals surface area contributed by atoms with Gasteiger partial charge in [-0.2, -0.15) is 0 Å². The van der Waals surface area contributed by atoms with E-state index in [0.29, 0.717) is 10.2 Å². The third-order valence-corrected chi connectivity index (χ3v) is 5.50. The molecule has 1 saturated carbocycles. The number of nitrogens with one attached hydrogen (secondary N) is 1. The molecule has 3 aromatic rings. The van der Waals surface area contributed by atoms with E-state index in [0.717, 1.165) is 24.8 Å². The number of rotatable bonds is 4. The van der Waals surface area contributed by atoms with E-state index in [1.165, 1.54) is 22.2 Å². The fourth-order valence-electron chi connectivity index (χ4n) is 3.24. The zero-order valence-corrected chi connectivity index (χ0v) is 13.9. The van der Waals surface area contributed by atoms with Gasteiger partial charge in [0.1, 0.15) is 11.4 Å². The number of carbonyl (C=O) groups is 1. The monoisotopic (exact) mass is 339 g/mol. The molecule has 5 nitrogen and oxygen atoms in total. The molecular formula is C18H17N3O2S. The second-order valence-electron chi connectivity index (χ2n) is 6.17. The summed E-state index contributed by atoms with van der Waals surface area (Å²) in [5, 5.41) is 5.54. The Morgan fingerprint density at radius 1 is 1.25 bits per heavy atom. The average Bonchev–Trinajstić information content (AvgIpc) is 3.04. The van der Waals surface area contributed by atoms with Gasteiger partial charge in [-0.15, -0.1) is 11.3 Å². The van der Waals surface area contributed by atoms with E-state index in [-0.39, 0.29) is 23.6 Å². The Labute approximate surface area is 143 Å². The molecular weight excluding hydrogens is 322 g/mol. The Bertz CT molecular complexity index is 942. The minimum absolute atomic E-state index is 0.00773. The van der Waals surface area contributed by atoms with E-state index in [2.05, 4.69) is 10.3 Å². The van der Waals surface area contributed by atoms with Gasteiger partial charge >= 0.3 is 0 Å². The van der Waals surface area contributed by atoms with E-state index in [1.54, 1.807) is 6.07 Å². The van der Waals surface area contributed by atoms with Gasteiger partial charge < -0.3 is 5.32 Å². The molecule has 1 aromatic carbocycles. The summed E-state index contributed by atoms with van der Waals surface area (Å²) in [7, 11) is 0. The first kappa shape index (κ1) is 15.1. The molecule has 1 N–H and O–H groups in total. The fourth-order valence-corrected chi connectivity index (χ4v) is 3.96. The van der Waals surface area contributed by atoms with Gasteiger partial charge in [-0.1, -0.05) is 30.3 Å². The van der Waals surface area contributed by atoms with Gasteiger partial charge in [0.25, 0.3) is 5.56 Å². The first-order chi connectivity index (χ1) is 11.7. The van der Waals surface area contributed by atoms with E-state index >= 15 is 0 Å². The standard InChI is InChI=1S/C18H17N3O2S/c22-15(11-21-12-19-16-14(17(21)23)7-10-24-16)20-18(8-4-9-18)13-5-2-1-3-6-13/h1-3,5-7,10,12H,4,8-9,11H2,(H,20,22). The number of hydrogen-bond donors (Lipinski definition) is 1. The summed E-state index contributed by atoms with van der Waals surface area (Å²) in [5.41, 5.74) is 0.670. The molecule has 122 valence electrons. The molecule has 1 amide bonds. The predicted octanol–water partition coefficient (Wildman–Crippen LogP) is 2.65. The molecule has 1 fully saturated rings. The third-order valence-electron chi connectivity index (χ3n) is 4.68. The van der Waals surface area contributed by atoms with E-state index in [1.807, 2.05) is 35.7 Å². The zero-order valence-electron chi connectivity index (χ0n) is 13.1. The quantitative estimate of drug-likeness (QED) is 0.795. The molecule has 1 aliphatic carbocycles. The van der Waals surface area contributed by atoms with Crippen LogP contribution in [0.3, 0.4) is 0 Å². The molecule has 0 saturated heterocycles. The molecule has 4 rings (SSSR count). The van der Waals surface area contributed by atoms with Crippen molar-refractivity contribution in [2.75, 3.05) is 0 Å². The Hall–Kier alpha value is -2.47. The predicted molar refractivity (Wildman–Crippen MR) is 94.0 cm³/mol. The van der Waals surface area contributed by atoms with Crippen LogP contribution in [0.5, 0.6) is 0 Å². The molecule has 2 heterocycles. The van der Waals surface area contributed by atoms with Crippen LogP contribution < -0.4 is 10.9 Å². The summed E-state index contributed by atoms with van der Waals surface area (Å²) in [6.07, 6.45) is 4.41. The van der Waals surface area contributed by atoms with Gasteiger partial charge in [-0.05, 0) is 36.3 Å². The van der Waals surface area contributed by atoms with Crippen LogP contribution >= 0.6 is 11.3 Å². The number of fused-ring (bicyclic) bond motifs is 1. The number of benzene rings is 1. The first-order valence-electron chi connectivity index (χ1n) is 7.97. The maximum absolute atomic E-state index is 12.5. The summed E-state index contributed by atoms with van der Waals surface area (Å²) in [5.74, 6) is -0.156. The lowest BCUT2D eigenvalue weighted by molar-refractivity contribution is -0.125. The summed E-state index contributed by atoms with van der Waals surface area (Å²) in [6.45, 7) is -0.00773. The highest BCUT2D eigenvalue weighted by molar-refractivity contribution is 7.16. The second kappa shape index (κ2) is 5.87. The van der Waals surface area contributed by atoms with Crippen LogP contribution in [0.2, 0.25) is 0 Å². The van der Waals surface area contributed by atoms with Crippen LogP contribution in [-0.4, -0.2) is 15.5 Å². The van der Waals surface area contributed by atoms with Crippen LogP contribution in [-0.2, 0) is 16.9 Å². The molecule has 2 aromatic heterocycles. The highest BCUT2D eigenvalue weighted by Crippen LogP contribution is 2.41. The molecule has 6 heteroatoms. The highest BCUT2D eigenvalue weighted by Gasteiger charge is 2.39. The van der Waals surface area contributed by atoms with Crippen molar-refractivity contribution in [3.8, 4) is 0 Å². The van der Waals surface area contributed by atoms with Crippen LogP contribution in [0.1, 0.15) is 24.8 Å². The maximum Gasteiger partial charge on any atom is 0.262 e. The topological polar surface area (TPSA) is 64.0 Å². The minimum Gasteiger partial charge on any atom is -0.345 e. The highest BCUT2D eigenvalue weighted by atomic mass is 32.1. The number of thiophene rings is 1. The van der Waals surface area contributed by atoms with Crippen molar-refractivity contribution in [1.82, 2.24) is 14.9 Å². The van der Waals surface area contributed by atoms with E-state index < -0.39 is 0 Å². The molecule has 24 heavy (non-hydrogen) atoms. The molecule has 0 unspecified atom stereocenters. The number of nitrogens with zero attached hydrogens (tertiary/aromatic N) is 2. The lowest BCUT2D eigenvalue weighted by atomic mass is 9.72. The van der Waals surface area contributed by atoms with Crippen molar-refractivity contribution in [3.05, 3.63) is 64.0 Å². The minimum atomic E-state index is -0.290. The number of hydrogen-bond acceptors (Lipinski definition) is 4. The van der Waals surface area contributed by atoms with Crippen molar-refractivity contribution in [1.29, 1.82) is 0 Å². The normalized spacial score (nSPS) is 15.8. The van der Waals surface area contributed by atoms with Gasteiger partial charge in [0.05, 0.1) is 17.3 Å². The van der Waals surface area contributed by atoms with Crippen molar-refractivity contribution in [2.45, 2.75) is 31.3 Å². The number of aromatic nitrogens is 2. The molecule has 0 spiro atoms. The van der Waals surface area contributed by atoms with Crippen LogP contribution in [0, 0.1) is 0 Å². The van der Waals surface area contributed by atoms with Gasteiger partial charge in [0.2, 0.25) is 5.91 Å².